The van der Waals surface area contributed by atoms with Crippen LogP contribution in [0.1, 0.15) is 42.9 Å². The van der Waals surface area contributed by atoms with Gasteiger partial charge in [-0.2, -0.15) is 0 Å². The molecular weight excluding hydrogens is 404 g/mol. The largest absolute Gasteiger partial charge is 0.476 e. The van der Waals surface area contributed by atoms with Gasteiger partial charge in [-0.1, -0.05) is 37.1 Å². The number of nitrogens with one attached hydrogen (secondary N) is 1. The van der Waals surface area contributed by atoms with Gasteiger partial charge in [0.1, 0.15) is 19.0 Å². The summed E-state index contributed by atoms with van der Waals surface area (Å²) in [7, 11) is 0. The van der Waals surface area contributed by atoms with Crippen LogP contribution in [-0.2, 0) is 11.3 Å². The van der Waals surface area contributed by atoms with E-state index in [0.29, 0.717) is 31.1 Å². The van der Waals surface area contributed by atoms with Gasteiger partial charge in [-0.25, -0.2) is 9.97 Å². The molecule has 0 spiro atoms. The van der Waals surface area contributed by atoms with Crippen molar-refractivity contribution in [1.29, 1.82) is 0 Å². The van der Waals surface area contributed by atoms with E-state index in [1.165, 1.54) is 6.33 Å². The average molecular weight is 431 g/mol. The summed E-state index contributed by atoms with van der Waals surface area (Å²) >= 11 is 0. The van der Waals surface area contributed by atoms with Gasteiger partial charge in [-0.15, -0.1) is 0 Å². The molecule has 8 heteroatoms. The van der Waals surface area contributed by atoms with Crippen molar-refractivity contribution in [3.8, 4) is 17.1 Å². The Morgan fingerprint density at radius 2 is 1.97 bits per heavy atom. The van der Waals surface area contributed by atoms with Crippen LogP contribution in [0.4, 0.5) is 0 Å². The quantitative estimate of drug-likeness (QED) is 0.665. The van der Waals surface area contributed by atoms with Gasteiger partial charge in [0, 0.05) is 43.3 Å². The first-order chi connectivity index (χ1) is 15.8. The molecule has 1 aliphatic carbocycles. The van der Waals surface area contributed by atoms with Crippen LogP contribution in [0.2, 0.25) is 0 Å². The summed E-state index contributed by atoms with van der Waals surface area (Å²) in [5.74, 6) is 0.465. The monoisotopic (exact) mass is 430 g/mol. The van der Waals surface area contributed by atoms with Crippen molar-refractivity contribution in [2.75, 3.05) is 13.2 Å². The van der Waals surface area contributed by atoms with Crippen molar-refractivity contribution in [3.63, 3.8) is 0 Å². The molecule has 164 valence electrons. The lowest BCUT2D eigenvalue weighted by molar-refractivity contribution is -0.127. The second-order valence-electron chi connectivity index (χ2n) is 8.24. The Hall–Kier alpha value is -3.39. The summed E-state index contributed by atoms with van der Waals surface area (Å²) in [4.78, 5) is 32.9. The molecule has 1 saturated carbocycles. The average Bonchev–Trinajstić information content (AvgIpc) is 3.27. The highest BCUT2D eigenvalue weighted by Gasteiger charge is 2.35. The molecule has 2 aliphatic rings. The maximum Gasteiger partial charge on any atom is 0.242 e. The number of hydrogen-bond donors (Lipinski definition) is 1. The maximum absolute atomic E-state index is 13.5. The van der Waals surface area contributed by atoms with E-state index in [9.17, 15) is 4.79 Å². The minimum Gasteiger partial charge on any atom is -0.476 e. The van der Waals surface area contributed by atoms with E-state index in [1.54, 1.807) is 24.8 Å². The first-order valence-corrected chi connectivity index (χ1v) is 11.1. The second-order valence-corrected chi connectivity index (χ2v) is 8.24. The number of aromatic nitrogens is 4. The SMILES string of the molecule is O=C(NC1CCCC1)C1c2cncnc2OCCN1Cc1ccccc1-c1cnccn1. The van der Waals surface area contributed by atoms with Crippen LogP contribution in [0, 0.1) is 0 Å². The van der Waals surface area contributed by atoms with Crippen LogP contribution in [0.15, 0.2) is 55.4 Å². The van der Waals surface area contributed by atoms with Gasteiger partial charge in [0.2, 0.25) is 11.8 Å². The Morgan fingerprint density at radius 1 is 1.09 bits per heavy atom. The Labute approximate surface area is 187 Å². The number of fused-ring (bicyclic) bond motifs is 1. The van der Waals surface area contributed by atoms with Gasteiger partial charge in [0.15, 0.2) is 0 Å². The smallest absolute Gasteiger partial charge is 0.242 e. The number of carbonyl (C=O) groups is 1. The molecule has 1 atom stereocenters. The van der Waals surface area contributed by atoms with Gasteiger partial charge < -0.3 is 10.1 Å². The zero-order valence-corrected chi connectivity index (χ0v) is 17.9. The number of amides is 1. The number of nitrogens with zero attached hydrogens (tertiary/aromatic N) is 5. The highest BCUT2D eigenvalue weighted by atomic mass is 16.5. The van der Waals surface area contributed by atoms with E-state index in [1.807, 2.05) is 18.2 Å². The molecule has 1 aliphatic heterocycles. The van der Waals surface area contributed by atoms with Crippen molar-refractivity contribution < 1.29 is 9.53 Å². The molecule has 5 rings (SSSR count). The summed E-state index contributed by atoms with van der Waals surface area (Å²) in [6, 6.07) is 7.82. The van der Waals surface area contributed by atoms with E-state index in [4.69, 9.17) is 4.74 Å². The Kier molecular flexibility index (Phi) is 6.02. The van der Waals surface area contributed by atoms with E-state index in [2.05, 4.69) is 36.2 Å². The van der Waals surface area contributed by atoms with E-state index >= 15 is 0 Å². The molecule has 1 aromatic carbocycles. The molecule has 1 amide bonds. The number of hydrogen-bond acceptors (Lipinski definition) is 7. The predicted molar refractivity (Wildman–Crippen MR) is 119 cm³/mol. The fraction of sp³-hybridized carbons (Fsp3) is 0.375. The van der Waals surface area contributed by atoms with Crippen LogP contribution in [-0.4, -0.2) is 49.9 Å². The summed E-state index contributed by atoms with van der Waals surface area (Å²) in [6.07, 6.45) is 12.7. The van der Waals surface area contributed by atoms with E-state index < -0.39 is 6.04 Å². The number of rotatable bonds is 5. The second kappa shape index (κ2) is 9.40. The van der Waals surface area contributed by atoms with Gasteiger partial charge in [-0.05, 0) is 18.4 Å². The first kappa shape index (κ1) is 20.5. The van der Waals surface area contributed by atoms with Crippen LogP contribution >= 0.6 is 0 Å². The van der Waals surface area contributed by atoms with Gasteiger partial charge >= 0.3 is 0 Å². The van der Waals surface area contributed by atoms with Gasteiger partial charge in [-0.3, -0.25) is 19.7 Å². The molecule has 1 unspecified atom stereocenters. The predicted octanol–water partition coefficient (Wildman–Crippen LogP) is 2.93. The molecule has 32 heavy (non-hydrogen) atoms. The molecule has 0 saturated heterocycles. The van der Waals surface area contributed by atoms with Gasteiger partial charge in [0.05, 0.1) is 17.5 Å². The van der Waals surface area contributed by atoms with Crippen molar-refractivity contribution in [2.45, 2.75) is 44.3 Å². The Balaban J connectivity index is 1.49. The van der Waals surface area contributed by atoms with Crippen LogP contribution in [0.3, 0.4) is 0 Å². The normalized spacial score (nSPS) is 19.1. The summed E-state index contributed by atoms with van der Waals surface area (Å²) < 4.78 is 5.89. The van der Waals surface area contributed by atoms with Crippen LogP contribution in [0.5, 0.6) is 5.88 Å². The van der Waals surface area contributed by atoms with E-state index in [0.717, 1.165) is 42.5 Å². The highest BCUT2D eigenvalue weighted by Crippen LogP contribution is 2.33. The van der Waals surface area contributed by atoms with Crippen molar-refractivity contribution in [1.82, 2.24) is 30.2 Å². The Morgan fingerprint density at radius 3 is 2.81 bits per heavy atom. The zero-order chi connectivity index (χ0) is 21.8. The fourth-order valence-corrected chi connectivity index (χ4v) is 4.62. The number of ether oxygens (including phenoxy) is 1. The number of benzene rings is 1. The molecule has 3 aromatic rings. The van der Waals surface area contributed by atoms with Crippen LogP contribution < -0.4 is 10.1 Å². The third-order valence-electron chi connectivity index (χ3n) is 6.16. The zero-order valence-electron chi connectivity index (χ0n) is 17.9. The lowest BCUT2D eigenvalue weighted by Crippen LogP contribution is -2.44. The highest BCUT2D eigenvalue weighted by molar-refractivity contribution is 5.84. The summed E-state index contributed by atoms with van der Waals surface area (Å²) in [6.45, 7) is 1.60. The Bertz CT molecular complexity index is 1070. The van der Waals surface area contributed by atoms with Crippen molar-refractivity contribution in [3.05, 3.63) is 66.5 Å². The lowest BCUT2D eigenvalue weighted by atomic mass is 10.0. The summed E-state index contributed by atoms with van der Waals surface area (Å²) in [5.41, 5.74) is 3.60. The van der Waals surface area contributed by atoms with Crippen molar-refractivity contribution >= 4 is 5.91 Å². The van der Waals surface area contributed by atoms with Gasteiger partial charge in [0.25, 0.3) is 0 Å². The molecule has 0 radical (unpaired) electrons. The van der Waals surface area contributed by atoms with E-state index in [-0.39, 0.29) is 11.9 Å². The third kappa shape index (κ3) is 4.31. The fourth-order valence-electron chi connectivity index (χ4n) is 4.62. The van der Waals surface area contributed by atoms with Crippen LogP contribution in [0.25, 0.3) is 11.3 Å². The summed E-state index contributed by atoms with van der Waals surface area (Å²) in [5, 5.41) is 3.27. The minimum absolute atomic E-state index is 0.0181. The first-order valence-electron chi connectivity index (χ1n) is 11.1. The standard InChI is InChI=1S/C24H26N6O2/c31-23(29-18-6-2-3-7-18)22-20-13-26-16-28-24(20)32-12-11-30(22)15-17-5-1-4-8-19(17)21-14-25-9-10-27-21/h1,4-5,8-10,13-14,16,18,22H,2-3,6-7,11-12,15H2,(H,29,31). The molecule has 8 nitrogen and oxygen atoms in total. The maximum atomic E-state index is 13.5. The van der Waals surface area contributed by atoms with Crippen molar-refractivity contribution in [2.24, 2.45) is 0 Å². The topological polar surface area (TPSA) is 93.1 Å². The molecule has 2 aromatic heterocycles. The lowest BCUT2D eigenvalue weighted by Gasteiger charge is -2.30. The molecule has 0 bridgehead atoms. The third-order valence-corrected chi connectivity index (χ3v) is 6.16. The molecule has 3 heterocycles. The molecular formula is C24H26N6O2. The minimum atomic E-state index is -0.524. The number of carbonyl (C=O) groups excluding carboxylic acids is 1. The molecule has 1 N–H and O–H groups in total. The molecule has 1 fully saturated rings.